The first-order chi connectivity index (χ1) is 9.36. The van der Waals surface area contributed by atoms with E-state index in [2.05, 4.69) is 0 Å². The van der Waals surface area contributed by atoms with Crippen LogP contribution in [0.15, 0.2) is 17.0 Å². The van der Waals surface area contributed by atoms with Crippen LogP contribution in [-0.2, 0) is 4.79 Å². The molecule has 7 heteroatoms. The lowest BCUT2D eigenvalue weighted by Gasteiger charge is -2.18. The molecule has 0 bridgehead atoms. The zero-order valence-electron chi connectivity index (χ0n) is 11.2. The number of carbonyl (C=O) groups excluding carboxylic acids is 1. The number of thioether (sulfide) groups is 1. The van der Waals surface area contributed by atoms with Crippen LogP contribution in [0.25, 0.3) is 0 Å². The molecule has 0 atom stereocenters. The van der Waals surface area contributed by atoms with Gasteiger partial charge in [0, 0.05) is 24.9 Å². The number of rotatable bonds is 6. The summed E-state index contributed by atoms with van der Waals surface area (Å²) in [5.74, 6) is -1.12. The van der Waals surface area contributed by atoms with Crippen LogP contribution in [0.3, 0.4) is 0 Å². The molecule has 20 heavy (non-hydrogen) atoms. The molecule has 0 aliphatic carbocycles. The lowest BCUT2D eigenvalue weighted by atomic mass is 10.2. The van der Waals surface area contributed by atoms with Crippen molar-refractivity contribution in [2.45, 2.75) is 17.7 Å². The Kier molecular flexibility index (Phi) is 6.65. The quantitative estimate of drug-likeness (QED) is 0.806. The average molecular weight is 336 g/mol. The fourth-order valence-electron chi connectivity index (χ4n) is 1.62. The smallest absolute Gasteiger partial charge is 0.303 e. The van der Waals surface area contributed by atoms with Crippen LogP contribution in [0.4, 0.5) is 0 Å². The van der Waals surface area contributed by atoms with Gasteiger partial charge in [0.15, 0.2) is 0 Å². The minimum absolute atomic E-state index is 0.0298. The van der Waals surface area contributed by atoms with Gasteiger partial charge in [0.05, 0.1) is 15.6 Å². The Bertz CT molecular complexity index is 523. The van der Waals surface area contributed by atoms with Crippen molar-refractivity contribution >= 4 is 46.8 Å². The highest BCUT2D eigenvalue weighted by Crippen LogP contribution is 2.31. The van der Waals surface area contributed by atoms with Gasteiger partial charge in [-0.25, -0.2) is 0 Å². The third-order valence-corrected chi connectivity index (χ3v) is 4.22. The number of benzene rings is 1. The Morgan fingerprint density at radius 2 is 1.95 bits per heavy atom. The highest BCUT2D eigenvalue weighted by atomic mass is 35.5. The summed E-state index contributed by atoms with van der Waals surface area (Å²) in [5.41, 5.74) is 0.373. The van der Waals surface area contributed by atoms with E-state index in [4.69, 9.17) is 28.3 Å². The molecule has 0 saturated heterocycles. The maximum atomic E-state index is 12.3. The maximum Gasteiger partial charge on any atom is 0.303 e. The molecule has 0 heterocycles. The molecule has 0 fully saturated rings. The highest BCUT2D eigenvalue weighted by molar-refractivity contribution is 7.98. The summed E-state index contributed by atoms with van der Waals surface area (Å²) in [7, 11) is 1.62. The summed E-state index contributed by atoms with van der Waals surface area (Å²) >= 11 is 13.5. The monoisotopic (exact) mass is 335 g/mol. The first kappa shape index (κ1) is 17.1. The minimum atomic E-state index is -0.875. The molecule has 1 rings (SSSR count). The van der Waals surface area contributed by atoms with Crippen molar-refractivity contribution in [2.24, 2.45) is 0 Å². The molecule has 0 saturated carbocycles. The Morgan fingerprint density at radius 1 is 1.30 bits per heavy atom. The van der Waals surface area contributed by atoms with Gasteiger partial charge < -0.3 is 10.0 Å². The largest absolute Gasteiger partial charge is 0.481 e. The first-order valence-corrected chi connectivity index (χ1v) is 7.85. The number of halogens is 2. The van der Waals surface area contributed by atoms with Gasteiger partial charge in [0.1, 0.15) is 0 Å². The summed E-state index contributed by atoms with van der Waals surface area (Å²) in [5, 5.41) is 9.38. The fourth-order valence-corrected chi connectivity index (χ4v) is 2.81. The van der Waals surface area contributed by atoms with Gasteiger partial charge in [-0.15, -0.1) is 11.8 Å². The lowest BCUT2D eigenvalue weighted by Crippen LogP contribution is -2.28. The third-order valence-electron chi connectivity index (χ3n) is 2.70. The van der Waals surface area contributed by atoms with Crippen molar-refractivity contribution in [3.63, 3.8) is 0 Å². The van der Waals surface area contributed by atoms with E-state index >= 15 is 0 Å². The predicted molar refractivity (Wildman–Crippen MR) is 82.1 cm³/mol. The number of carboxylic acids is 1. The van der Waals surface area contributed by atoms with E-state index < -0.39 is 5.97 Å². The topological polar surface area (TPSA) is 57.6 Å². The van der Waals surface area contributed by atoms with Crippen molar-refractivity contribution < 1.29 is 14.7 Å². The van der Waals surface area contributed by atoms with Crippen LogP contribution in [0.5, 0.6) is 0 Å². The Balaban J connectivity index is 2.83. The molecule has 1 aromatic rings. The number of hydrogen-bond donors (Lipinski definition) is 1. The second-order valence-electron chi connectivity index (χ2n) is 4.19. The van der Waals surface area contributed by atoms with Crippen LogP contribution in [0.2, 0.25) is 10.0 Å². The number of aliphatic carboxylic acids is 1. The van der Waals surface area contributed by atoms with Crippen LogP contribution in [-0.4, -0.2) is 41.7 Å². The number of carbonyl (C=O) groups is 2. The molecule has 0 radical (unpaired) electrons. The number of nitrogens with zero attached hydrogens (tertiary/aromatic N) is 1. The summed E-state index contributed by atoms with van der Waals surface area (Å²) in [6.07, 6.45) is 2.29. The highest BCUT2D eigenvalue weighted by Gasteiger charge is 2.17. The van der Waals surface area contributed by atoms with E-state index in [1.807, 2.05) is 6.26 Å². The van der Waals surface area contributed by atoms with E-state index in [-0.39, 0.29) is 12.3 Å². The lowest BCUT2D eigenvalue weighted by molar-refractivity contribution is -0.137. The van der Waals surface area contributed by atoms with Crippen LogP contribution in [0.1, 0.15) is 23.2 Å². The number of carboxylic acid groups (broad SMARTS) is 1. The van der Waals surface area contributed by atoms with Gasteiger partial charge in [-0.2, -0.15) is 0 Å². The molecule has 0 aliphatic rings. The van der Waals surface area contributed by atoms with Crippen molar-refractivity contribution in [2.75, 3.05) is 19.8 Å². The summed E-state index contributed by atoms with van der Waals surface area (Å²) < 4.78 is 0. The molecule has 1 amide bonds. The average Bonchev–Trinajstić information content (AvgIpc) is 2.37. The molecule has 110 valence electrons. The maximum absolute atomic E-state index is 12.3. The van der Waals surface area contributed by atoms with Crippen LogP contribution >= 0.6 is 35.0 Å². The van der Waals surface area contributed by atoms with E-state index in [0.717, 1.165) is 4.90 Å². The minimum Gasteiger partial charge on any atom is -0.481 e. The molecule has 1 N–H and O–H groups in total. The van der Waals surface area contributed by atoms with Crippen molar-refractivity contribution in [1.29, 1.82) is 0 Å². The summed E-state index contributed by atoms with van der Waals surface area (Å²) in [6, 6.07) is 3.21. The van der Waals surface area contributed by atoms with E-state index in [0.29, 0.717) is 28.6 Å². The fraction of sp³-hybridized carbons (Fsp3) is 0.385. The molecule has 0 aromatic heterocycles. The van der Waals surface area contributed by atoms with Crippen LogP contribution < -0.4 is 0 Å². The zero-order chi connectivity index (χ0) is 15.3. The summed E-state index contributed by atoms with van der Waals surface area (Å²) in [4.78, 5) is 25.0. The normalized spacial score (nSPS) is 10.4. The van der Waals surface area contributed by atoms with Crippen LogP contribution in [0, 0.1) is 0 Å². The number of amides is 1. The Morgan fingerprint density at radius 3 is 2.50 bits per heavy atom. The van der Waals surface area contributed by atoms with Gasteiger partial charge in [-0.3, -0.25) is 9.59 Å². The van der Waals surface area contributed by atoms with Gasteiger partial charge in [-0.05, 0) is 24.8 Å². The second kappa shape index (κ2) is 7.76. The van der Waals surface area contributed by atoms with Gasteiger partial charge in [0.25, 0.3) is 5.91 Å². The predicted octanol–water partition coefficient (Wildman–Crippen LogP) is 3.65. The SMILES string of the molecule is CSc1cc(C(=O)N(C)CCCC(=O)O)c(Cl)cc1Cl. The molecular weight excluding hydrogens is 321 g/mol. The van der Waals surface area contributed by atoms with E-state index in [1.54, 1.807) is 19.2 Å². The zero-order valence-corrected chi connectivity index (χ0v) is 13.5. The third kappa shape index (κ3) is 4.58. The summed E-state index contributed by atoms with van der Waals surface area (Å²) in [6.45, 7) is 0.360. The molecular formula is C13H15Cl2NO3S. The Hall–Kier alpha value is -0.910. The standard InChI is InChI=1S/C13H15Cl2NO3S/c1-16(5-3-4-12(17)18)13(19)8-6-11(20-2)10(15)7-9(8)14/h6-7H,3-5H2,1-2H3,(H,17,18). The molecule has 4 nitrogen and oxygen atoms in total. The molecule has 0 unspecified atom stereocenters. The molecule has 1 aromatic carbocycles. The van der Waals surface area contributed by atoms with Gasteiger partial charge in [-0.1, -0.05) is 23.2 Å². The molecule has 0 aliphatic heterocycles. The van der Waals surface area contributed by atoms with Gasteiger partial charge in [0.2, 0.25) is 0 Å². The first-order valence-electron chi connectivity index (χ1n) is 5.87. The van der Waals surface area contributed by atoms with Crippen molar-refractivity contribution in [1.82, 2.24) is 4.90 Å². The second-order valence-corrected chi connectivity index (χ2v) is 5.85. The number of hydrogen-bond acceptors (Lipinski definition) is 3. The van der Waals surface area contributed by atoms with Gasteiger partial charge >= 0.3 is 5.97 Å². The van der Waals surface area contributed by atoms with E-state index in [9.17, 15) is 9.59 Å². The van der Waals surface area contributed by atoms with Crippen molar-refractivity contribution in [3.8, 4) is 0 Å². The van der Waals surface area contributed by atoms with Crippen molar-refractivity contribution in [3.05, 3.63) is 27.7 Å². The molecule has 0 spiro atoms. The van der Waals surface area contributed by atoms with E-state index in [1.165, 1.54) is 16.7 Å². The Labute approximate surface area is 132 Å².